The van der Waals surface area contributed by atoms with Gasteiger partial charge in [0.05, 0.1) is 6.61 Å². The Kier molecular flexibility index (Phi) is 2.99. The number of benzene rings is 2. The van der Waals surface area contributed by atoms with E-state index < -0.39 is 0 Å². The molecular formula is C15H13FO2. The van der Waals surface area contributed by atoms with Gasteiger partial charge in [-0.2, -0.15) is 0 Å². The van der Waals surface area contributed by atoms with E-state index in [1.165, 1.54) is 12.1 Å². The van der Waals surface area contributed by atoms with Gasteiger partial charge in [-0.25, -0.2) is 4.39 Å². The maximum Gasteiger partial charge on any atom is 0.128 e. The molecule has 18 heavy (non-hydrogen) atoms. The average molecular weight is 244 g/mol. The molecule has 2 nitrogen and oxygen atoms in total. The lowest BCUT2D eigenvalue weighted by Gasteiger charge is -2.10. The third-order valence-corrected chi connectivity index (χ3v) is 2.89. The van der Waals surface area contributed by atoms with Gasteiger partial charge < -0.3 is 9.47 Å². The van der Waals surface area contributed by atoms with Crippen LogP contribution in [0.25, 0.3) is 0 Å². The standard InChI is InChI=1S/C15H13FO2/c16-12-6-7-13(15-10-18-15)14(8-12)17-9-11-4-2-1-3-5-11/h1-8,15H,9-10H2/t15-/m0/s1. The van der Waals surface area contributed by atoms with Crippen LogP contribution >= 0.6 is 0 Å². The van der Waals surface area contributed by atoms with Gasteiger partial charge in [-0.3, -0.25) is 0 Å². The van der Waals surface area contributed by atoms with Crippen LogP contribution in [0.5, 0.6) is 5.75 Å². The van der Waals surface area contributed by atoms with E-state index in [4.69, 9.17) is 9.47 Å². The lowest BCUT2D eigenvalue weighted by Crippen LogP contribution is -1.98. The van der Waals surface area contributed by atoms with E-state index in [0.29, 0.717) is 19.0 Å². The Balaban J connectivity index is 1.77. The number of rotatable bonds is 4. The van der Waals surface area contributed by atoms with Gasteiger partial charge in [-0.15, -0.1) is 0 Å². The molecule has 0 saturated carbocycles. The molecule has 0 N–H and O–H groups in total. The Bertz CT molecular complexity index is 535. The fourth-order valence-electron chi connectivity index (χ4n) is 1.86. The minimum Gasteiger partial charge on any atom is -0.488 e. The van der Waals surface area contributed by atoms with Crippen molar-refractivity contribution in [2.75, 3.05) is 6.61 Å². The zero-order valence-electron chi connectivity index (χ0n) is 9.80. The molecule has 0 bridgehead atoms. The molecule has 0 radical (unpaired) electrons. The summed E-state index contributed by atoms with van der Waals surface area (Å²) in [7, 11) is 0. The van der Waals surface area contributed by atoms with Crippen molar-refractivity contribution >= 4 is 0 Å². The summed E-state index contributed by atoms with van der Waals surface area (Å²) < 4.78 is 24.1. The lowest BCUT2D eigenvalue weighted by molar-refractivity contribution is 0.296. The van der Waals surface area contributed by atoms with Crippen molar-refractivity contribution in [3.63, 3.8) is 0 Å². The summed E-state index contributed by atoms with van der Waals surface area (Å²) in [4.78, 5) is 0. The van der Waals surface area contributed by atoms with Crippen molar-refractivity contribution in [1.82, 2.24) is 0 Å². The van der Waals surface area contributed by atoms with Crippen molar-refractivity contribution < 1.29 is 13.9 Å². The van der Waals surface area contributed by atoms with Crippen LogP contribution in [-0.2, 0) is 11.3 Å². The molecule has 3 rings (SSSR count). The van der Waals surface area contributed by atoms with E-state index in [0.717, 1.165) is 11.1 Å². The smallest absolute Gasteiger partial charge is 0.128 e. The number of hydrogen-bond acceptors (Lipinski definition) is 2. The summed E-state index contributed by atoms with van der Waals surface area (Å²) in [5, 5.41) is 0. The van der Waals surface area contributed by atoms with E-state index >= 15 is 0 Å². The SMILES string of the molecule is Fc1ccc([C@@H]2CO2)c(OCc2ccccc2)c1. The third kappa shape index (κ3) is 2.51. The van der Waals surface area contributed by atoms with Gasteiger partial charge in [0.25, 0.3) is 0 Å². The van der Waals surface area contributed by atoms with Crippen LogP contribution in [0.15, 0.2) is 48.5 Å². The maximum atomic E-state index is 13.2. The van der Waals surface area contributed by atoms with Crippen LogP contribution < -0.4 is 4.74 Å². The minimum absolute atomic E-state index is 0.0661. The van der Waals surface area contributed by atoms with Gasteiger partial charge in [0.1, 0.15) is 24.3 Å². The molecule has 1 aliphatic rings. The highest BCUT2D eigenvalue weighted by Crippen LogP contribution is 2.36. The highest BCUT2D eigenvalue weighted by Gasteiger charge is 2.28. The molecule has 1 atom stereocenters. The molecule has 0 aliphatic carbocycles. The molecule has 1 fully saturated rings. The highest BCUT2D eigenvalue weighted by atomic mass is 19.1. The topological polar surface area (TPSA) is 21.8 Å². The first-order chi connectivity index (χ1) is 8.83. The van der Waals surface area contributed by atoms with Crippen molar-refractivity contribution in [1.29, 1.82) is 0 Å². The predicted molar refractivity (Wildman–Crippen MR) is 65.9 cm³/mol. The Hall–Kier alpha value is -1.87. The normalized spacial score (nSPS) is 17.5. The summed E-state index contributed by atoms with van der Waals surface area (Å²) in [6.07, 6.45) is 0.0661. The monoisotopic (exact) mass is 244 g/mol. The van der Waals surface area contributed by atoms with Gasteiger partial charge in [-0.05, 0) is 17.7 Å². The molecule has 1 heterocycles. The van der Waals surface area contributed by atoms with Crippen molar-refractivity contribution in [3.05, 3.63) is 65.5 Å². The molecule has 1 aliphatic heterocycles. The van der Waals surface area contributed by atoms with Crippen LogP contribution in [0.1, 0.15) is 17.2 Å². The molecule has 92 valence electrons. The number of hydrogen-bond donors (Lipinski definition) is 0. The molecule has 0 spiro atoms. The molecule has 1 saturated heterocycles. The second kappa shape index (κ2) is 4.78. The molecular weight excluding hydrogens is 231 g/mol. The van der Waals surface area contributed by atoms with Crippen LogP contribution in [0, 0.1) is 5.82 Å². The van der Waals surface area contributed by atoms with Crippen molar-refractivity contribution in [3.8, 4) is 5.75 Å². The van der Waals surface area contributed by atoms with E-state index in [9.17, 15) is 4.39 Å². The molecule has 2 aromatic rings. The largest absolute Gasteiger partial charge is 0.488 e. The lowest BCUT2D eigenvalue weighted by atomic mass is 10.1. The van der Waals surface area contributed by atoms with Crippen LogP contribution in [-0.4, -0.2) is 6.61 Å². The minimum atomic E-state index is -0.289. The van der Waals surface area contributed by atoms with Crippen LogP contribution in [0.3, 0.4) is 0 Å². The summed E-state index contributed by atoms with van der Waals surface area (Å²) in [5.74, 6) is 0.281. The number of epoxide rings is 1. The quantitative estimate of drug-likeness (QED) is 0.768. The Morgan fingerprint density at radius 2 is 1.94 bits per heavy atom. The van der Waals surface area contributed by atoms with E-state index in [-0.39, 0.29) is 11.9 Å². The molecule has 2 aromatic carbocycles. The van der Waals surface area contributed by atoms with E-state index in [1.807, 2.05) is 30.3 Å². The predicted octanol–water partition coefficient (Wildman–Crippen LogP) is 3.48. The Labute approximate surface area is 105 Å². The molecule has 0 aromatic heterocycles. The molecule has 3 heteroatoms. The maximum absolute atomic E-state index is 13.2. The van der Waals surface area contributed by atoms with E-state index in [2.05, 4.69) is 0 Å². The van der Waals surface area contributed by atoms with Crippen LogP contribution in [0.4, 0.5) is 4.39 Å². The first-order valence-electron chi connectivity index (χ1n) is 5.91. The molecule has 0 unspecified atom stereocenters. The second-order valence-corrected chi connectivity index (χ2v) is 4.28. The fraction of sp³-hybridized carbons (Fsp3) is 0.200. The van der Waals surface area contributed by atoms with Gasteiger partial charge in [-0.1, -0.05) is 30.3 Å². The first-order valence-corrected chi connectivity index (χ1v) is 5.91. The second-order valence-electron chi connectivity index (χ2n) is 4.28. The third-order valence-electron chi connectivity index (χ3n) is 2.89. The number of ether oxygens (including phenoxy) is 2. The zero-order chi connectivity index (χ0) is 12.4. The van der Waals surface area contributed by atoms with E-state index in [1.54, 1.807) is 6.07 Å². The van der Waals surface area contributed by atoms with Crippen LogP contribution in [0.2, 0.25) is 0 Å². The van der Waals surface area contributed by atoms with Gasteiger partial charge in [0.2, 0.25) is 0 Å². The van der Waals surface area contributed by atoms with Crippen molar-refractivity contribution in [2.45, 2.75) is 12.7 Å². The molecule has 0 amide bonds. The fourth-order valence-corrected chi connectivity index (χ4v) is 1.86. The summed E-state index contributed by atoms with van der Waals surface area (Å²) in [6.45, 7) is 1.12. The summed E-state index contributed by atoms with van der Waals surface area (Å²) >= 11 is 0. The Morgan fingerprint density at radius 1 is 1.17 bits per heavy atom. The highest BCUT2D eigenvalue weighted by molar-refractivity contribution is 5.37. The van der Waals surface area contributed by atoms with Gasteiger partial charge in [0.15, 0.2) is 0 Å². The van der Waals surface area contributed by atoms with Gasteiger partial charge >= 0.3 is 0 Å². The van der Waals surface area contributed by atoms with Gasteiger partial charge in [0, 0.05) is 11.6 Å². The Morgan fingerprint density at radius 3 is 2.67 bits per heavy atom. The summed E-state index contributed by atoms with van der Waals surface area (Å²) in [5.41, 5.74) is 1.98. The average Bonchev–Trinajstić information content (AvgIpc) is 3.22. The number of halogens is 1. The first kappa shape index (κ1) is 11.2. The zero-order valence-corrected chi connectivity index (χ0v) is 9.80. The van der Waals surface area contributed by atoms with Crippen molar-refractivity contribution in [2.24, 2.45) is 0 Å². The summed E-state index contributed by atoms with van der Waals surface area (Å²) in [6, 6.07) is 14.4.